The smallest absolute Gasteiger partial charge is 0.262 e. The molecule has 1 aromatic heterocycles. The van der Waals surface area contributed by atoms with Crippen LogP contribution in [0.3, 0.4) is 0 Å². The van der Waals surface area contributed by atoms with Crippen molar-refractivity contribution in [1.82, 2.24) is 20.2 Å². The molecule has 2 saturated heterocycles. The molecule has 7 rings (SSSR count). The van der Waals surface area contributed by atoms with Crippen LogP contribution in [-0.4, -0.2) is 78.9 Å². The molecular weight excluding hydrogens is 784 g/mol. The number of ether oxygens (including phenoxy) is 2. The van der Waals surface area contributed by atoms with Gasteiger partial charge in [-0.25, -0.2) is 18.4 Å². The predicted octanol–water partition coefficient (Wildman–Crippen LogP) is 5.40. The number of sulfone groups is 1. The van der Waals surface area contributed by atoms with E-state index in [4.69, 9.17) is 21.1 Å². The number of aromatic nitrogens is 2. The number of amides is 4. The summed E-state index contributed by atoms with van der Waals surface area (Å²) in [6.45, 7) is 5.97. The second-order valence-electron chi connectivity index (χ2n) is 15.2. The van der Waals surface area contributed by atoms with Gasteiger partial charge in [0.1, 0.15) is 24.5 Å². The number of carbonyl (C=O) groups is 4. The summed E-state index contributed by atoms with van der Waals surface area (Å²) < 4.78 is 35.6. The normalized spacial score (nSPS) is 17.5. The third-order valence-corrected chi connectivity index (χ3v) is 12.2. The van der Waals surface area contributed by atoms with Gasteiger partial charge < -0.3 is 14.4 Å². The maximum absolute atomic E-state index is 13.3. The Labute approximate surface area is 341 Å². The molecule has 3 aromatic carbocycles. The van der Waals surface area contributed by atoms with E-state index < -0.39 is 44.9 Å². The molecule has 1 N–H and O–H groups in total. The zero-order chi connectivity index (χ0) is 41.4. The number of imide groups is 2. The summed E-state index contributed by atoms with van der Waals surface area (Å²) in [4.78, 5) is 61.5. The second kappa shape index (κ2) is 16.2. The number of nitriles is 1. The van der Waals surface area contributed by atoms with Crippen molar-refractivity contribution in [1.29, 1.82) is 5.26 Å². The molecule has 4 aromatic rings. The first kappa shape index (κ1) is 40.4. The summed E-state index contributed by atoms with van der Waals surface area (Å²) in [5.74, 6) is -0.830. The number of nitrogens with one attached hydrogen (secondary N) is 1. The fourth-order valence-corrected chi connectivity index (χ4v) is 8.38. The molecule has 1 atom stereocenters. The summed E-state index contributed by atoms with van der Waals surface area (Å²) >= 11 is 6.77. The Bertz CT molecular complexity index is 2460. The van der Waals surface area contributed by atoms with Crippen LogP contribution in [0.4, 0.5) is 5.69 Å². The Morgan fingerprint density at radius 3 is 2.34 bits per heavy atom. The molecular formula is C42H41ClN6O8S. The molecule has 4 amide bonds. The van der Waals surface area contributed by atoms with Gasteiger partial charge in [-0.2, -0.15) is 5.26 Å². The molecule has 0 aliphatic carbocycles. The van der Waals surface area contributed by atoms with E-state index in [0.717, 1.165) is 60.3 Å². The topological polar surface area (TPSA) is 189 Å². The first-order valence-corrected chi connectivity index (χ1v) is 21.1. The van der Waals surface area contributed by atoms with Crippen molar-refractivity contribution in [3.8, 4) is 17.6 Å². The molecule has 0 spiro atoms. The summed E-state index contributed by atoms with van der Waals surface area (Å²) in [5, 5.41) is 12.4. The summed E-state index contributed by atoms with van der Waals surface area (Å²) in [6.07, 6.45) is 5.10. The number of fused-ring (bicyclic) bond motifs is 1. The number of benzene rings is 3. The third kappa shape index (κ3) is 8.25. The highest BCUT2D eigenvalue weighted by Gasteiger charge is 2.45. The van der Waals surface area contributed by atoms with Gasteiger partial charge in [0.15, 0.2) is 5.75 Å². The average molecular weight is 825 g/mol. The van der Waals surface area contributed by atoms with Crippen LogP contribution in [0.5, 0.6) is 11.5 Å². The third-order valence-electron chi connectivity index (χ3n) is 11.0. The number of anilines is 1. The highest BCUT2D eigenvalue weighted by molar-refractivity contribution is 7.90. The molecule has 14 nitrogen and oxygen atoms in total. The van der Waals surface area contributed by atoms with Gasteiger partial charge >= 0.3 is 0 Å². The van der Waals surface area contributed by atoms with Gasteiger partial charge in [-0.15, -0.1) is 0 Å². The van der Waals surface area contributed by atoms with Crippen LogP contribution in [0.25, 0.3) is 0 Å². The minimum absolute atomic E-state index is 0.0635. The van der Waals surface area contributed by atoms with E-state index in [1.165, 1.54) is 6.20 Å². The monoisotopic (exact) mass is 824 g/mol. The number of hydrogen-bond donors (Lipinski definition) is 1. The molecule has 4 heterocycles. The Morgan fingerprint density at radius 2 is 1.66 bits per heavy atom. The van der Waals surface area contributed by atoms with Crippen LogP contribution < -0.4 is 19.7 Å². The van der Waals surface area contributed by atoms with Gasteiger partial charge in [-0.3, -0.25) is 29.4 Å². The average Bonchev–Trinajstić information content (AvgIpc) is 3.45. The number of halogens is 1. The van der Waals surface area contributed by atoms with Crippen LogP contribution >= 0.6 is 11.6 Å². The highest BCUT2D eigenvalue weighted by Crippen LogP contribution is 2.39. The lowest BCUT2D eigenvalue weighted by Gasteiger charge is -2.34. The molecule has 58 heavy (non-hydrogen) atoms. The molecule has 300 valence electrons. The van der Waals surface area contributed by atoms with Gasteiger partial charge in [0.2, 0.25) is 26.8 Å². The number of rotatable bonds is 12. The molecule has 3 aliphatic rings. The summed E-state index contributed by atoms with van der Waals surface area (Å²) in [5.41, 5.74) is 3.35. The lowest BCUT2D eigenvalue weighted by Crippen LogP contribution is -2.54. The van der Waals surface area contributed by atoms with E-state index in [0.29, 0.717) is 40.3 Å². The minimum atomic E-state index is -3.54. The Kier molecular flexibility index (Phi) is 11.3. The van der Waals surface area contributed by atoms with Crippen molar-refractivity contribution in [2.45, 2.75) is 69.2 Å². The fraction of sp³-hybridized carbons (Fsp3) is 0.357. The summed E-state index contributed by atoms with van der Waals surface area (Å²) in [7, 11) is -3.54. The SMILES string of the molecule is CC(C)(c1ccc(OCc2ccnc(S(C)(=O)=O)n2)cc1)c1cc(Cl)c(OCCC2CCN(c3ccc4c(c3)C(=O)N(C3CCC(=O)NC3=O)C4=O)CC2)c(C#N)c1. The van der Waals surface area contributed by atoms with Crippen molar-refractivity contribution in [2.24, 2.45) is 5.92 Å². The quantitative estimate of drug-likeness (QED) is 0.142. The second-order valence-corrected chi connectivity index (χ2v) is 17.5. The van der Waals surface area contributed by atoms with Crippen molar-refractivity contribution < 1.29 is 37.1 Å². The molecule has 0 radical (unpaired) electrons. The highest BCUT2D eigenvalue weighted by atomic mass is 35.5. The number of piperidine rings is 2. The maximum Gasteiger partial charge on any atom is 0.262 e. The van der Waals surface area contributed by atoms with Crippen LogP contribution in [0.15, 0.2) is 72.0 Å². The first-order valence-electron chi connectivity index (χ1n) is 18.9. The van der Waals surface area contributed by atoms with E-state index in [2.05, 4.69) is 26.3 Å². The number of nitrogens with zero attached hydrogens (tertiary/aromatic N) is 5. The lowest BCUT2D eigenvalue weighted by molar-refractivity contribution is -0.136. The zero-order valence-corrected chi connectivity index (χ0v) is 33.7. The van der Waals surface area contributed by atoms with Gasteiger partial charge in [-0.05, 0) is 91.3 Å². The van der Waals surface area contributed by atoms with Gasteiger partial charge in [0.05, 0.1) is 34.0 Å². The minimum Gasteiger partial charge on any atom is -0.491 e. The fourth-order valence-electron chi connectivity index (χ4n) is 7.57. The van der Waals surface area contributed by atoms with E-state index >= 15 is 0 Å². The number of hydrogen-bond acceptors (Lipinski definition) is 12. The van der Waals surface area contributed by atoms with Gasteiger partial charge in [0.25, 0.3) is 11.8 Å². The van der Waals surface area contributed by atoms with Crippen molar-refractivity contribution >= 4 is 50.8 Å². The van der Waals surface area contributed by atoms with E-state index in [1.807, 2.05) is 50.2 Å². The van der Waals surface area contributed by atoms with Crippen LogP contribution in [0, 0.1) is 17.2 Å². The molecule has 16 heteroatoms. The van der Waals surface area contributed by atoms with Crippen LogP contribution in [0.2, 0.25) is 5.02 Å². The maximum atomic E-state index is 13.3. The van der Waals surface area contributed by atoms with E-state index in [9.17, 15) is 32.9 Å². The Hall–Kier alpha value is -5.85. The molecule has 1 unspecified atom stereocenters. The number of carbonyl (C=O) groups excluding carboxylic acids is 4. The molecule has 2 fully saturated rings. The summed E-state index contributed by atoms with van der Waals surface area (Å²) in [6, 6.07) is 19.1. The zero-order valence-electron chi connectivity index (χ0n) is 32.2. The molecule has 0 saturated carbocycles. The largest absolute Gasteiger partial charge is 0.491 e. The van der Waals surface area contributed by atoms with Crippen LogP contribution in [-0.2, 0) is 31.4 Å². The van der Waals surface area contributed by atoms with Gasteiger partial charge in [-0.1, -0.05) is 37.6 Å². The van der Waals surface area contributed by atoms with Crippen molar-refractivity contribution in [3.63, 3.8) is 0 Å². The Balaban J connectivity index is 0.923. The van der Waals surface area contributed by atoms with Crippen molar-refractivity contribution in [2.75, 3.05) is 30.9 Å². The standard InChI is InChI=1S/C42H41ClN6O8S/c1-42(2,27-4-7-31(8-5-27)57-24-29-12-16-45-41(46-29)58(3,54)55)28-20-26(23-44)37(34(43)21-28)56-19-15-25-13-17-48(18-14-25)30-6-9-32-33(22-30)40(53)49(39(32)52)35-10-11-36(50)47-38(35)51/h4-9,12,16,20-22,25,35H,10-11,13-15,17-19,24H2,1-3H3,(H,47,50,51). The molecule has 3 aliphatic heterocycles. The Morgan fingerprint density at radius 1 is 0.931 bits per heavy atom. The van der Waals surface area contributed by atoms with E-state index in [-0.39, 0.29) is 35.7 Å². The van der Waals surface area contributed by atoms with Crippen LogP contribution in [0.1, 0.15) is 89.1 Å². The van der Waals surface area contributed by atoms with Crippen molar-refractivity contribution in [3.05, 3.63) is 105 Å². The predicted molar refractivity (Wildman–Crippen MR) is 212 cm³/mol. The van der Waals surface area contributed by atoms with Gasteiger partial charge in [0, 0.05) is 43.1 Å². The van der Waals surface area contributed by atoms with E-state index in [1.54, 1.807) is 24.3 Å². The lowest BCUT2D eigenvalue weighted by atomic mass is 9.77. The first-order chi connectivity index (χ1) is 27.6. The molecule has 0 bridgehead atoms.